The number of halogens is 3. The molecule has 3 aliphatic heterocycles. The van der Waals surface area contributed by atoms with Gasteiger partial charge in [0.2, 0.25) is 47.8 Å². The molecule has 0 aliphatic carbocycles. The van der Waals surface area contributed by atoms with Crippen LogP contribution in [-0.4, -0.2) is 165 Å². The van der Waals surface area contributed by atoms with Gasteiger partial charge in [0.1, 0.15) is 76.0 Å². The van der Waals surface area contributed by atoms with E-state index >= 15 is 0 Å². The summed E-state index contributed by atoms with van der Waals surface area (Å²) in [6, 6.07) is 27.3. The second-order valence-electron chi connectivity index (χ2n) is 26.1. The van der Waals surface area contributed by atoms with Crippen molar-refractivity contribution in [1.29, 1.82) is 15.8 Å². The molecule has 0 saturated carbocycles. The maximum atomic E-state index is 14.0. The highest BCUT2D eigenvalue weighted by Crippen LogP contribution is 2.32. The Morgan fingerprint density at radius 1 is 0.530 bits per heavy atom. The van der Waals surface area contributed by atoms with E-state index < -0.39 is 124 Å². The predicted molar refractivity (Wildman–Crippen MR) is 413 cm³/mol. The van der Waals surface area contributed by atoms with Gasteiger partial charge in [0, 0.05) is 75.5 Å². The standard InChI is InChI=1S/C24H27FN4O5S.C24H28N4O6S.C22H22F2N4O5S.C7H8N2O2/c1-4-34-24(31)20-12-18(13-26)22(27-16(20)3)29-9-7-17(8-10-29)23(30)28-35(32,33)14-19-11-15(2)5-6-21(19)25;1-4-34-24(30)21-13-19(14-25)22(26-16(21)2)28-10-8-18(9-11-28)23(29)27-35(31,32)15-17-6-5-7-20(12-17)33-3;1-3-19-15(22(30)33-4-2)8-13(9-25)20(26-19)28-10-14(11-28)21(29)27-34(31,32)12-16-17(23)6-5-7-18(16)24;1-8-6-5(7(10)11)3-2-4-9-6/h5-6,11-12,17H,4,7-10,14H2,1-3H3,(H,28,30);5-7,12-13,18H,4,8-11,15H2,1-3H3,(H,27,29);5-8,14H,3-4,10-12H2,1-2H3,(H,27,29);2-4H,1H3,(H,8,9)(H,10,11). The number of nitrogens with zero attached hydrogens (tertiary/aromatic N) is 10. The monoisotopic (exact) mass is 1650 g/mol. The molecule has 0 bridgehead atoms. The molecule has 3 saturated heterocycles. The van der Waals surface area contributed by atoms with Gasteiger partial charge in [-0.2, -0.15) is 15.8 Å². The van der Waals surface area contributed by atoms with Crippen LogP contribution in [0.3, 0.4) is 0 Å². The van der Waals surface area contributed by atoms with Gasteiger partial charge in [-0.1, -0.05) is 42.8 Å². The average molecular weight is 1650 g/mol. The number of sulfonamides is 3. The van der Waals surface area contributed by atoms with E-state index in [2.05, 4.69) is 46.8 Å². The molecule has 3 amide bonds. The molecule has 0 unspecified atom stereocenters. The van der Waals surface area contributed by atoms with E-state index in [1.54, 1.807) is 90.7 Å². The van der Waals surface area contributed by atoms with Crippen LogP contribution >= 0.6 is 0 Å². The van der Waals surface area contributed by atoms with Crippen molar-refractivity contribution in [3.63, 3.8) is 0 Å². The van der Waals surface area contributed by atoms with E-state index in [1.165, 1.54) is 55.8 Å². The first-order valence-corrected chi connectivity index (χ1v) is 40.9. The zero-order valence-electron chi connectivity index (χ0n) is 64.2. The first kappa shape index (κ1) is 89.9. The van der Waals surface area contributed by atoms with E-state index in [4.69, 9.17) is 24.1 Å². The topological polar surface area (TPSA) is 460 Å². The minimum Gasteiger partial charge on any atom is -0.497 e. The number of esters is 3. The molecule has 5 N–H and O–H groups in total. The summed E-state index contributed by atoms with van der Waals surface area (Å²) < 4.78 is 142. The fourth-order valence-corrected chi connectivity index (χ4v) is 15.7. The van der Waals surface area contributed by atoms with Gasteiger partial charge < -0.3 is 44.1 Å². The van der Waals surface area contributed by atoms with Crippen LogP contribution in [-0.2, 0) is 82.3 Å². The Labute approximate surface area is 663 Å². The lowest BCUT2D eigenvalue weighted by atomic mass is 9.96. The first-order valence-electron chi connectivity index (χ1n) is 35.9. The molecule has 32 nitrogen and oxygen atoms in total. The van der Waals surface area contributed by atoms with Crippen molar-refractivity contribution in [2.24, 2.45) is 17.8 Å². The molecule has 0 spiro atoms. The molecule has 38 heteroatoms. The number of pyridine rings is 4. The number of aryl methyl sites for hydroxylation is 4. The predicted octanol–water partition coefficient (Wildman–Crippen LogP) is 7.93. The van der Waals surface area contributed by atoms with Crippen LogP contribution in [0.15, 0.2) is 97.2 Å². The molecule has 4 aromatic heterocycles. The molecule has 0 atom stereocenters. The van der Waals surface area contributed by atoms with Gasteiger partial charge in [-0.05, 0) is 140 Å². The van der Waals surface area contributed by atoms with Crippen molar-refractivity contribution < 1.29 is 96.0 Å². The van der Waals surface area contributed by atoms with E-state index in [0.29, 0.717) is 110 Å². The lowest BCUT2D eigenvalue weighted by molar-refractivity contribution is -0.124. The second kappa shape index (κ2) is 40.9. The normalized spacial score (nSPS) is 13.6. The van der Waals surface area contributed by atoms with E-state index in [-0.39, 0.29) is 89.0 Å². The van der Waals surface area contributed by atoms with Gasteiger partial charge in [-0.15, -0.1) is 0 Å². The fraction of sp³-hybridized carbons (Fsp3) is 0.377. The number of carbonyl (C=O) groups excluding carboxylic acids is 6. The van der Waals surface area contributed by atoms with Gasteiger partial charge in [-0.3, -0.25) is 28.5 Å². The zero-order valence-corrected chi connectivity index (χ0v) is 66.7. The van der Waals surface area contributed by atoms with Crippen molar-refractivity contribution in [1.82, 2.24) is 34.1 Å². The highest BCUT2D eigenvalue weighted by Gasteiger charge is 2.38. The summed E-state index contributed by atoms with van der Waals surface area (Å²) in [5, 5.41) is 40.0. The summed E-state index contributed by atoms with van der Waals surface area (Å²) in [7, 11) is -9.17. The van der Waals surface area contributed by atoms with Crippen molar-refractivity contribution in [2.45, 2.75) is 97.8 Å². The van der Waals surface area contributed by atoms with Crippen LogP contribution in [0.25, 0.3) is 0 Å². The van der Waals surface area contributed by atoms with E-state index in [9.17, 15) is 87.8 Å². The van der Waals surface area contributed by atoms with Gasteiger partial charge in [0.25, 0.3) is 0 Å². The summed E-state index contributed by atoms with van der Waals surface area (Å²) >= 11 is 0. The average Bonchev–Trinajstić information content (AvgIpc) is 0.783. The largest absolute Gasteiger partial charge is 0.497 e. The number of carboxylic acid groups (broad SMARTS) is 1. The maximum absolute atomic E-state index is 14.0. The molecular weight excluding hydrogens is 1560 g/mol. The number of nitrogens with one attached hydrogen (secondary N) is 4. The molecule has 0 radical (unpaired) electrons. The number of piperidine rings is 2. The number of rotatable bonds is 25. The Balaban J connectivity index is 0.000000223. The van der Waals surface area contributed by atoms with Crippen LogP contribution < -0.4 is 38.9 Å². The summed E-state index contributed by atoms with van der Waals surface area (Å²) in [5.41, 5.74) is 3.25. The van der Waals surface area contributed by atoms with Crippen LogP contribution in [0, 0.1) is 90.0 Å². The van der Waals surface area contributed by atoms with Crippen molar-refractivity contribution in [2.75, 3.05) is 93.3 Å². The Bertz CT molecular complexity index is 5270. The molecule has 3 aliphatic rings. The van der Waals surface area contributed by atoms with Gasteiger partial charge in [-0.25, -0.2) is 77.5 Å². The third kappa shape index (κ3) is 24.6. The number of nitriles is 3. The number of hydrogen-bond acceptors (Lipinski definition) is 28. The first-order chi connectivity index (χ1) is 54.6. The third-order valence-corrected chi connectivity index (χ3v) is 21.6. The van der Waals surface area contributed by atoms with Crippen molar-refractivity contribution in [3.8, 4) is 24.0 Å². The van der Waals surface area contributed by atoms with E-state index in [0.717, 1.165) is 18.2 Å². The molecule has 3 aromatic carbocycles. The number of ether oxygens (including phenoxy) is 4. The van der Waals surface area contributed by atoms with Crippen LogP contribution in [0.5, 0.6) is 5.75 Å². The SMILES string of the molecule is CCOC(=O)c1cc(C#N)c(N2CC(C(=O)NS(=O)(=O)Cc3c(F)cccc3F)C2)nc1CC.CCOC(=O)c1cc(C#N)c(N2CCC(C(=O)NS(=O)(=O)Cc3cc(C)ccc3F)CC2)nc1C.CCOC(=O)c1cc(C#N)c(N2CCC(C(=O)NS(=O)(=O)Cc3cccc(OC)c3)CC2)nc1C.CNc1ncccc1C(=O)O. The number of anilines is 4. The fourth-order valence-electron chi connectivity index (χ4n) is 12.2. The molecule has 610 valence electrons. The van der Waals surface area contributed by atoms with Crippen molar-refractivity contribution >= 4 is 94.9 Å². The molecule has 7 heterocycles. The molecule has 115 heavy (non-hydrogen) atoms. The Morgan fingerprint density at radius 2 is 0.974 bits per heavy atom. The summed E-state index contributed by atoms with van der Waals surface area (Å²) in [4.78, 5) is 107. The summed E-state index contributed by atoms with van der Waals surface area (Å²) in [5.74, 6) is -9.13. The minimum absolute atomic E-state index is 0.00291. The number of hydrogen-bond donors (Lipinski definition) is 5. The maximum Gasteiger partial charge on any atom is 0.340 e. The Kier molecular flexibility index (Phi) is 32.0. The second-order valence-corrected chi connectivity index (χ2v) is 31.3. The minimum atomic E-state index is -4.34. The van der Waals surface area contributed by atoms with Crippen LogP contribution in [0.4, 0.5) is 36.4 Å². The van der Waals surface area contributed by atoms with Gasteiger partial charge >= 0.3 is 23.9 Å². The highest BCUT2D eigenvalue weighted by atomic mass is 32.2. The number of methoxy groups -OCH3 is 1. The van der Waals surface area contributed by atoms with Crippen LogP contribution in [0.2, 0.25) is 0 Å². The third-order valence-electron chi connectivity index (χ3n) is 18.0. The molecular formula is C77H85F3N14O18S3. The van der Waals surface area contributed by atoms with E-state index in [1.807, 2.05) is 20.6 Å². The number of carboxylic acids is 1. The Morgan fingerprint density at radius 3 is 1.42 bits per heavy atom. The number of amides is 3. The summed E-state index contributed by atoms with van der Waals surface area (Å²) in [6.07, 6.45) is 3.40. The van der Waals surface area contributed by atoms with Crippen LogP contribution in [0.1, 0.15) is 151 Å². The zero-order chi connectivity index (χ0) is 84.6. The quantitative estimate of drug-likeness (QED) is 0.0268. The van der Waals surface area contributed by atoms with Gasteiger partial charge in [0.05, 0.1) is 94.8 Å². The molecule has 7 aromatic rings. The lowest BCUT2D eigenvalue weighted by Crippen LogP contribution is -2.55. The smallest absolute Gasteiger partial charge is 0.340 e. The van der Waals surface area contributed by atoms with Crippen molar-refractivity contribution in [3.05, 3.63) is 193 Å². The van der Waals surface area contributed by atoms with Gasteiger partial charge in [0.15, 0.2) is 0 Å². The lowest BCUT2D eigenvalue weighted by Gasteiger charge is -2.39. The molecule has 10 rings (SSSR count). The Hall–Kier alpha value is -12.3. The highest BCUT2D eigenvalue weighted by molar-refractivity contribution is 7.89. The molecule has 3 fully saturated rings. The number of carbonyl (C=O) groups is 7. The number of aromatic nitrogens is 4. The summed E-state index contributed by atoms with van der Waals surface area (Å²) in [6.45, 7) is 14.2. The number of benzene rings is 3. The number of aromatic carboxylic acids is 1.